The number of hydrogen-bond acceptors (Lipinski definition) is 9. The molecule has 2 heterocycles. The van der Waals surface area contributed by atoms with Gasteiger partial charge in [-0.2, -0.15) is 11.8 Å². The summed E-state index contributed by atoms with van der Waals surface area (Å²) >= 11 is 1.56. The largest absolute Gasteiger partial charge is 0.394 e. The minimum Gasteiger partial charge on any atom is -0.394 e. The van der Waals surface area contributed by atoms with Crippen LogP contribution in [0.25, 0.3) is 0 Å². The van der Waals surface area contributed by atoms with E-state index in [-0.39, 0.29) is 68.9 Å². The lowest BCUT2D eigenvalue weighted by molar-refractivity contribution is -0.147. The number of rotatable bonds is 20. The van der Waals surface area contributed by atoms with Gasteiger partial charge in [0.2, 0.25) is 29.5 Å². The molecule has 7 N–H and O–H groups in total. The molecule has 2 aliphatic heterocycles. The van der Waals surface area contributed by atoms with Crippen LogP contribution in [0, 0.1) is 17.2 Å². The third-order valence-electron chi connectivity index (χ3n) is 12.2. The highest BCUT2D eigenvalue weighted by atomic mass is 32.2. The second kappa shape index (κ2) is 24.1. The van der Waals surface area contributed by atoms with Gasteiger partial charge < -0.3 is 46.2 Å². The minimum atomic E-state index is -1.03. The van der Waals surface area contributed by atoms with E-state index in [0.29, 0.717) is 51.1 Å². The van der Waals surface area contributed by atoms with Crippen LogP contribution < -0.4 is 21.7 Å². The highest BCUT2D eigenvalue weighted by Gasteiger charge is 2.43. The summed E-state index contributed by atoms with van der Waals surface area (Å²) in [5.74, 6) is -1.46. The number of nitrogens with one attached hydrogen (secondary N) is 4. The SMILES string of the molecule is CSCC[C@H](NC(=O)[C@@H]1Cc2ccccc2CN1C(=O)[C@@H](NC(=O)[C@H](CC1CCCCC1)NC(C)=O)C1CCN(C(=N)N)CC1)C(=O)N(CCOCCO)Cc1ccccc1. The molecule has 1 aliphatic carbocycles. The summed E-state index contributed by atoms with van der Waals surface area (Å²) < 4.78 is 5.55. The van der Waals surface area contributed by atoms with Gasteiger partial charge in [-0.3, -0.25) is 29.4 Å². The third kappa shape index (κ3) is 13.9. The Morgan fingerprint density at radius 2 is 1.61 bits per heavy atom. The van der Waals surface area contributed by atoms with Crippen molar-refractivity contribution in [1.29, 1.82) is 5.41 Å². The Bertz CT molecular complexity index is 1770. The topological polar surface area (TPSA) is 210 Å². The molecule has 2 aromatic rings. The number of aliphatic hydroxyl groups is 1. The molecular formula is C45H66N8O7S. The van der Waals surface area contributed by atoms with E-state index in [0.717, 1.165) is 48.8 Å². The molecule has 0 radical (unpaired) electrons. The first kappa shape index (κ1) is 47.4. The average molecular weight is 863 g/mol. The van der Waals surface area contributed by atoms with Gasteiger partial charge >= 0.3 is 0 Å². The maximum Gasteiger partial charge on any atom is 0.246 e. The molecule has 0 bridgehead atoms. The molecule has 15 nitrogen and oxygen atoms in total. The Kier molecular flexibility index (Phi) is 18.7. The van der Waals surface area contributed by atoms with Crippen LogP contribution in [0.1, 0.15) is 81.4 Å². The van der Waals surface area contributed by atoms with Crippen molar-refractivity contribution in [2.24, 2.45) is 17.6 Å². The highest BCUT2D eigenvalue weighted by molar-refractivity contribution is 7.98. The smallest absolute Gasteiger partial charge is 0.246 e. The summed E-state index contributed by atoms with van der Waals surface area (Å²) in [6, 6.07) is 13.5. The zero-order chi connectivity index (χ0) is 43.7. The van der Waals surface area contributed by atoms with Crippen molar-refractivity contribution in [1.82, 2.24) is 30.7 Å². The number of nitrogens with two attached hydrogens (primary N) is 1. The van der Waals surface area contributed by atoms with Gasteiger partial charge in [-0.25, -0.2) is 0 Å². The Morgan fingerprint density at radius 1 is 0.918 bits per heavy atom. The molecule has 61 heavy (non-hydrogen) atoms. The Hall–Kier alpha value is -4.67. The van der Waals surface area contributed by atoms with Crippen LogP contribution in [-0.4, -0.2) is 131 Å². The van der Waals surface area contributed by atoms with Crippen LogP contribution in [0.2, 0.25) is 0 Å². The van der Waals surface area contributed by atoms with Crippen LogP contribution >= 0.6 is 11.8 Å². The normalized spacial score (nSPS) is 18.6. The molecule has 4 atom stereocenters. The molecule has 16 heteroatoms. The van der Waals surface area contributed by atoms with Crippen molar-refractivity contribution in [2.75, 3.05) is 51.5 Å². The Labute approximate surface area is 364 Å². The molecule has 0 aromatic heterocycles. The molecule has 0 spiro atoms. The van der Waals surface area contributed by atoms with Crippen molar-refractivity contribution in [3.8, 4) is 0 Å². The van der Waals surface area contributed by atoms with E-state index in [4.69, 9.17) is 15.9 Å². The number of nitrogens with zero attached hydrogens (tertiary/aromatic N) is 3. The van der Waals surface area contributed by atoms with E-state index in [1.807, 2.05) is 60.9 Å². The van der Waals surface area contributed by atoms with E-state index in [1.54, 1.807) is 26.5 Å². The maximum atomic E-state index is 15.2. The van der Waals surface area contributed by atoms with Gasteiger partial charge in [0, 0.05) is 46.1 Å². The standard InChI is InChI=1S/C45H66N8O7S/c1-31(55)48-38(27-32-11-5-3-6-12-32)41(56)50-40(34-17-20-51(21-18-34)45(46)47)44(59)53-30-36-16-10-9-15-35(36)28-39(53)42(57)49-37(19-26-61-2)43(58)52(22-24-60-25-23-54)29-33-13-7-4-8-14-33/h4,7-10,13-16,32,34,37-40,54H,3,5-6,11-12,17-30H2,1-2H3,(H3,46,47)(H,48,55)(H,49,57)(H,50,56)/t37-,38-,39-,40-/m0/s1. The molecule has 2 aromatic carbocycles. The van der Waals surface area contributed by atoms with Crippen molar-refractivity contribution in [3.05, 3.63) is 71.3 Å². The molecule has 3 aliphatic rings. The average Bonchev–Trinajstić information content (AvgIpc) is 3.27. The molecule has 1 saturated heterocycles. The van der Waals surface area contributed by atoms with Gasteiger partial charge in [0.05, 0.1) is 19.8 Å². The molecule has 0 unspecified atom stereocenters. The number of piperidine rings is 1. The lowest BCUT2D eigenvalue weighted by atomic mass is 9.84. The number of benzene rings is 2. The number of carbonyl (C=O) groups is 5. The molecule has 5 rings (SSSR count). The molecular weight excluding hydrogens is 797 g/mol. The van der Waals surface area contributed by atoms with Gasteiger partial charge in [0.25, 0.3) is 0 Å². The van der Waals surface area contributed by atoms with Crippen molar-refractivity contribution in [2.45, 2.75) is 108 Å². The van der Waals surface area contributed by atoms with Gasteiger partial charge in [-0.1, -0.05) is 86.7 Å². The number of carbonyl (C=O) groups excluding carboxylic acids is 5. The zero-order valence-electron chi connectivity index (χ0n) is 35.8. The predicted molar refractivity (Wildman–Crippen MR) is 236 cm³/mol. The summed E-state index contributed by atoms with van der Waals surface area (Å²) in [5, 5.41) is 26.3. The monoisotopic (exact) mass is 862 g/mol. The second-order valence-electron chi connectivity index (χ2n) is 16.6. The fraction of sp³-hybridized carbons (Fsp3) is 0.600. The lowest BCUT2D eigenvalue weighted by Crippen LogP contribution is -2.63. The van der Waals surface area contributed by atoms with Gasteiger partial charge in [-0.05, 0) is 66.2 Å². The van der Waals surface area contributed by atoms with E-state index < -0.39 is 41.9 Å². The quantitative estimate of drug-likeness (QED) is 0.0652. The second-order valence-corrected chi connectivity index (χ2v) is 17.6. The minimum absolute atomic E-state index is 0.0569. The summed E-state index contributed by atoms with van der Waals surface area (Å²) in [5.41, 5.74) is 8.55. The number of thioether (sulfide) groups is 1. The Balaban J connectivity index is 1.44. The molecule has 2 fully saturated rings. The first-order valence-corrected chi connectivity index (χ1v) is 23.2. The molecule has 334 valence electrons. The highest BCUT2D eigenvalue weighted by Crippen LogP contribution is 2.30. The number of fused-ring (bicyclic) bond motifs is 1. The number of aliphatic hydroxyl groups excluding tert-OH is 1. The number of ether oxygens (including phenoxy) is 1. The summed E-state index contributed by atoms with van der Waals surface area (Å²) in [6.45, 7) is 3.08. The number of likely N-dealkylation sites (tertiary alicyclic amines) is 1. The summed E-state index contributed by atoms with van der Waals surface area (Å²) in [6.07, 6.45) is 9.14. The maximum absolute atomic E-state index is 15.2. The van der Waals surface area contributed by atoms with Crippen LogP contribution in [0.4, 0.5) is 0 Å². The van der Waals surface area contributed by atoms with E-state index in [9.17, 15) is 24.3 Å². The zero-order valence-corrected chi connectivity index (χ0v) is 36.6. The molecule has 1 saturated carbocycles. The van der Waals surface area contributed by atoms with Crippen LogP contribution in [0.3, 0.4) is 0 Å². The van der Waals surface area contributed by atoms with Gasteiger partial charge in [0.1, 0.15) is 24.2 Å². The summed E-state index contributed by atoms with van der Waals surface area (Å²) in [4.78, 5) is 76.1. The molecule has 5 amide bonds. The summed E-state index contributed by atoms with van der Waals surface area (Å²) in [7, 11) is 0. The van der Waals surface area contributed by atoms with Crippen molar-refractivity contribution < 1.29 is 33.8 Å². The Morgan fingerprint density at radius 3 is 2.26 bits per heavy atom. The predicted octanol–water partition coefficient (Wildman–Crippen LogP) is 2.78. The van der Waals surface area contributed by atoms with Crippen LogP contribution in [0.5, 0.6) is 0 Å². The van der Waals surface area contributed by atoms with E-state index >= 15 is 4.79 Å². The first-order chi connectivity index (χ1) is 29.5. The third-order valence-corrected chi connectivity index (χ3v) is 12.9. The number of amides is 5. The van der Waals surface area contributed by atoms with Crippen molar-refractivity contribution >= 4 is 47.3 Å². The van der Waals surface area contributed by atoms with E-state index in [1.165, 1.54) is 6.92 Å². The van der Waals surface area contributed by atoms with Crippen LogP contribution in [-0.2, 0) is 48.2 Å². The van der Waals surface area contributed by atoms with Gasteiger partial charge in [-0.15, -0.1) is 0 Å². The van der Waals surface area contributed by atoms with Crippen LogP contribution in [0.15, 0.2) is 54.6 Å². The number of hydrogen-bond donors (Lipinski definition) is 6. The first-order valence-electron chi connectivity index (χ1n) is 21.8. The van der Waals surface area contributed by atoms with E-state index in [2.05, 4.69) is 16.0 Å². The van der Waals surface area contributed by atoms with Crippen molar-refractivity contribution in [3.63, 3.8) is 0 Å². The number of guanidine groups is 1. The van der Waals surface area contributed by atoms with Gasteiger partial charge in [0.15, 0.2) is 5.96 Å². The lowest BCUT2D eigenvalue weighted by Gasteiger charge is -2.42. The fourth-order valence-electron chi connectivity index (χ4n) is 8.90. The fourth-order valence-corrected chi connectivity index (χ4v) is 9.37.